The highest BCUT2D eigenvalue weighted by molar-refractivity contribution is 7.89. The Labute approximate surface area is 137 Å². The number of carbonyl (C=O) groups excluding carboxylic acids is 1. The molecule has 1 aliphatic carbocycles. The molecule has 5 nitrogen and oxygen atoms in total. The molecule has 126 valence electrons. The second-order valence-corrected chi connectivity index (χ2v) is 7.24. The molecular formula is C16H14F2N2O3S. The first-order chi connectivity index (χ1) is 11.3. The van der Waals surface area contributed by atoms with Crippen LogP contribution in [0.5, 0.6) is 0 Å². The summed E-state index contributed by atoms with van der Waals surface area (Å²) in [5.41, 5.74) is 1.02. The number of primary sulfonamides is 1. The van der Waals surface area contributed by atoms with Crippen LogP contribution in [0.3, 0.4) is 0 Å². The smallest absolute Gasteiger partial charge is 0.238 e. The van der Waals surface area contributed by atoms with Crippen molar-refractivity contribution >= 4 is 21.6 Å². The second kappa shape index (κ2) is 5.95. The molecule has 2 unspecified atom stereocenters. The molecule has 0 spiro atoms. The monoisotopic (exact) mass is 352 g/mol. The van der Waals surface area contributed by atoms with Crippen molar-refractivity contribution in [3.05, 3.63) is 59.7 Å². The Morgan fingerprint density at radius 2 is 1.75 bits per heavy atom. The van der Waals surface area contributed by atoms with Crippen LogP contribution in [0, 0.1) is 17.6 Å². The van der Waals surface area contributed by atoms with Gasteiger partial charge in [0.25, 0.3) is 0 Å². The zero-order valence-corrected chi connectivity index (χ0v) is 13.2. The quantitative estimate of drug-likeness (QED) is 0.885. The lowest BCUT2D eigenvalue weighted by atomic mass is 10.1. The largest absolute Gasteiger partial charge is 0.326 e. The molecule has 1 fully saturated rings. The van der Waals surface area contributed by atoms with E-state index in [4.69, 9.17) is 5.14 Å². The predicted molar refractivity (Wildman–Crippen MR) is 83.7 cm³/mol. The first-order valence-corrected chi connectivity index (χ1v) is 8.69. The highest BCUT2D eigenvalue weighted by Gasteiger charge is 2.44. The van der Waals surface area contributed by atoms with Gasteiger partial charge in [0.05, 0.1) is 4.90 Å². The third kappa shape index (κ3) is 3.44. The summed E-state index contributed by atoms with van der Waals surface area (Å²) in [5.74, 6) is -2.63. The molecule has 8 heteroatoms. The van der Waals surface area contributed by atoms with Crippen LogP contribution in [0.2, 0.25) is 0 Å². The van der Waals surface area contributed by atoms with Gasteiger partial charge in [-0.15, -0.1) is 0 Å². The summed E-state index contributed by atoms with van der Waals surface area (Å²) in [6.45, 7) is 0. The molecule has 3 rings (SSSR count). The molecule has 1 aliphatic rings. The van der Waals surface area contributed by atoms with E-state index in [9.17, 15) is 22.0 Å². The molecule has 2 aromatic rings. The predicted octanol–water partition coefficient (Wildman–Crippen LogP) is 2.35. The molecule has 1 amide bonds. The molecule has 2 aromatic carbocycles. The van der Waals surface area contributed by atoms with Crippen LogP contribution < -0.4 is 10.5 Å². The average molecular weight is 352 g/mol. The summed E-state index contributed by atoms with van der Waals surface area (Å²) in [6, 6.07) is 9.19. The van der Waals surface area contributed by atoms with Crippen LogP contribution in [0.25, 0.3) is 0 Å². The fourth-order valence-electron chi connectivity index (χ4n) is 2.57. The van der Waals surface area contributed by atoms with Gasteiger partial charge in [-0.3, -0.25) is 4.79 Å². The number of hydrogen-bond acceptors (Lipinski definition) is 3. The maximum Gasteiger partial charge on any atom is 0.238 e. The minimum Gasteiger partial charge on any atom is -0.326 e. The highest BCUT2D eigenvalue weighted by atomic mass is 32.2. The number of rotatable bonds is 4. The lowest BCUT2D eigenvalue weighted by Gasteiger charge is -2.06. The Morgan fingerprint density at radius 3 is 2.33 bits per heavy atom. The maximum atomic E-state index is 13.1. The van der Waals surface area contributed by atoms with E-state index in [2.05, 4.69) is 5.32 Å². The summed E-state index contributed by atoms with van der Waals surface area (Å²) in [7, 11) is -3.75. The van der Waals surface area contributed by atoms with Gasteiger partial charge in [0, 0.05) is 17.7 Å². The van der Waals surface area contributed by atoms with Gasteiger partial charge in [-0.2, -0.15) is 0 Å². The maximum absolute atomic E-state index is 13.1. The fraction of sp³-hybridized carbons (Fsp3) is 0.188. The second-order valence-electron chi connectivity index (χ2n) is 5.68. The van der Waals surface area contributed by atoms with Crippen LogP contribution in [0.15, 0.2) is 47.4 Å². The first-order valence-electron chi connectivity index (χ1n) is 7.14. The van der Waals surface area contributed by atoms with E-state index in [1.54, 1.807) is 12.1 Å². The minimum atomic E-state index is -3.75. The molecule has 3 N–H and O–H groups in total. The number of sulfonamides is 1. The Kier molecular flexibility index (Phi) is 4.10. The fourth-order valence-corrected chi connectivity index (χ4v) is 3.08. The van der Waals surface area contributed by atoms with Crippen LogP contribution in [0.4, 0.5) is 14.5 Å². The van der Waals surface area contributed by atoms with Crippen molar-refractivity contribution in [2.45, 2.75) is 17.2 Å². The van der Waals surface area contributed by atoms with Crippen molar-refractivity contribution in [3.63, 3.8) is 0 Å². The number of amides is 1. The van der Waals surface area contributed by atoms with E-state index in [1.165, 1.54) is 18.2 Å². The minimum absolute atomic E-state index is 0.00897. The van der Waals surface area contributed by atoms with Crippen LogP contribution in [-0.4, -0.2) is 14.3 Å². The standard InChI is InChI=1S/C16H14F2N2O3S/c17-14-6-3-10(7-15(14)18)20-16(21)13-8-12(13)9-1-4-11(5-2-9)24(19,22)23/h1-7,12-13H,8H2,(H,20,21)(H2,19,22,23). The lowest BCUT2D eigenvalue weighted by molar-refractivity contribution is -0.117. The van der Waals surface area contributed by atoms with Gasteiger partial charge in [0.2, 0.25) is 15.9 Å². The lowest BCUT2D eigenvalue weighted by Crippen LogP contribution is -2.15. The molecule has 0 aliphatic heterocycles. The summed E-state index contributed by atoms with van der Waals surface area (Å²) >= 11 is 0. The molecule has 24 heavy (non-hydrogen) atoms. The van der Waals surface area contributed by atoms with Crippen molar-refractivity contribution < 1.29 is 22.0 Å². The highest BCUT2D eigenvalue weighted by Crippen LogP contribution is 2.48. The summed E-state index contributed by atoms with van der Waals surface area (Å²) in [4.78, 5) is 12.1. The van der Waals surface area contributed by atoms with Crippen LogP contribution in [-0.2, 0) is 14.8 Å². The van der Waals surface area contributed by atoms with Gasteiger partial charge in [-0.25, -0.2) is 22.3 Å². The number of carbonyl (C=O) groups is 1. The molecular weight excluding hydrogens is 338 g/mol. The zero-order chi connectivity index (χ0) is 17.5. The summed E-state index contributed by atoms with van der Waals surface area (Å²) < 4.78 is 48.4. The van der Waals surface area contributed by atoms with Gasteiger partial charge in [0.1, 0.15) is 0 Å². The van der Waals surface area contributed by atoms with Crippen molar-refractivity contribution in [1.82, 2.24) is 0 Å². The van der Waals surface area contributed by atoms with Crippen molar-refractivity contribution in [2.24, 2.45) is 11.1 Å². The topological polar surface area (TPSA) is 89.3 Å². The van der Waals surface area contributed by atoms with E-state index in [0.29, 0.717) is 6.42 Å². The Balaban J connectivity index is 1.66. The number of benzene rings is 2. The SMILES string of the molecule is NS(=O)(=O)c1ccc(C2CC2C(=O)Nc2ccc(F)c(F)c2)cc1. The molecule has 0 aromatic heterocycles. The number of nitrogens with two attached hydrogens (primary N) is 1. The van der Waals surface area contributed by atoms with E-state index < -0.39 is 21.7 Å². The van der Waals surface area contributed by atoms with E-state index in [0.717, 1.165) is 17.7 Å². The van der Waals surface area contributed by atoms with E-state index in [-0.39, 0.29) is 28.3 Å². The van der Waals surface area contributed by atoms with Crippen molar-refractivity contribution in [1.29, 1.82) is 0 Å². The zero-order valence-electron chi connectivity index (χ0n) is 12.4. The van der Waals surface area contributed by atoms with Gasteiger partial charge < -0.3 is 5.32 Å². The molecule has 1 saturated carbocycles. The molecule has 2 atom stereocenters. The average Bonchev–Trinajstić information content (AvgIpc) is 3.31. The van der Waals surface area contributed by atoms with E-state index >= 15 is 0 Å². The number of nitrogens with one attached hydrogen (secondary N) is 1. The number of anilines is 1. The number of halogens is 2. The Bertz CT molecular complexity index is 898. The Morgan fingerprint density at radius 1 is 1.08 bits per heavy atom. The third-order valence-corrected chi connectivity index (χ3v) is 4.88. The van der Waals surface area contributed by atoms with Crippen LogP contribution >= 0.6 is 0 Å². The Hall–Kier alpha value is -2.32. The molecule has 0 radical (unpaired) electrons. The van der Waals surface area contributed by atoms with Gasteiger partial charge >= 0.3 is 0 Å². The van der Waals surface area contributed by atoms with Gasteiger partial charge in [0.15, 0.2) is 11.6 Å². The van der Waals surface area contributed by atoms with Gasteiger partial charge in [-0.1, -0.05) is 12.1 Å². The number of hydrogen-bond donors (Lipinski definition) is 2. The molecule has 0 heterocycles. The summed E-state index contributed by atoms with van der Waals surface area (Å²) in [6.07, 6.45) is 0.601. The molecule has 0 bridgehead atoms. The summed E-state index contributed by atoms with van der Waals surface area (Å²) in [5, 5.41) is 7.58. The van der Waals surface area contributed by atoms with Crippen molar-refractivity contribution in [3.8, 4) is 0 Å². The van der Waals surface area contributed by atoms with Crippen LogP contribution in [0.1, 0.15) is 17.9 Å². The molecule has 0 saturated heterocycles. The first kappa shape index (κ1) is 16.5. The third-order valence-electron chi connectivity index (χ3n) is 3.95. The van der Waals surface area contributed by atoms with E-state index in [1.807, 2.05) is 0 Å². The van der Waals surface area contributed by atoms with Crippen molar-refractivity contribution in [2.75, 3.05) is 5.32 Å². The van der Waals surface area contributed by atoms with Gasteiger partial charge in [-0.05, 0) is 42.2 Å². The normalized spacial score (nSPS) is 19.8.